The van der Waals surface area contributed by atoms with E-state index in [0.717, 1.165) is 11.1 Å². The van der Waals surface area contributed by atoms with Crippen LogP contribution >= 0.6 is 0 Å². The van der Waals surface area contributed by atoms with Crippen LogP contribution in [0.2, 0.25) is 0 Å². The van der Waals surface area contributed by atoms with Gasteiger partial charge in [-0.15, -0.1) is 0 Å². The molecule has 0 radical (unpaired) electrons. The van der Waals surface area contributed by atoms with Crippen LogP contribution in [0.15, 0.2) is 78.9 Å². The number of benzene rings is 3. The zero-order valence-electron chi connectivity index (χ0n) is 24.2. The van der Waals surface area contributed by atoms with Crippen molar-refractivity contribution in [2.75, 3.05) is 11.9 Å². The second kappa shape index (κ2) is 16.0. The number of carboxylic acids is 1. The van der Waals surface area contributed by atoms with Crippen molar-refractivity contribution in [3.05, 3.63) is 95.6 Å². The van der Waals surface area contributed by atoms with Gasteiger partial charge >= 0.3 is 11.9 Å². The average Bonchev–Trinajstić information content (AvgIpc) is 2.99. The van der Waals surface area contributed by atoms with E-state index < -0.39 is 47.9 Å². The van der Waals surface area contributed by atoms with Crippen molar-refractivity contribution in [1.29, 1.82) is 0 Å². The van der Waals surface area contributed by atoms with Gasteiger partial charge in [0.05, 0.1) is 23.7 Å². The molecule has 0 bridgehead atoms. The average molecular weight is 591 g/mol. The summed E-state index contributed by atoms with van der Waals surface area (Å²) in [6.07, 6.45) is 1.15. The molecule has 0 heterocycles. The summed E-state index contributed by atoms with van der Waals surface area (Å²) in [4.78, 5) is 49.3. The van der Waals surface area contributed by atoms with Crippen LogP contribution in [0.3, 0.4) is 0 Å². The molecule has 0 aliphatic rings. The summed E-state index contributed by atoms with van der Waals surface area (Å²) in [6, 6.07) is 19.0. The number of esters is 1. The molecule has 3 aromatic carbocycles. The Balaban J connectivity index is 1.41. The zero-order valence-corrected chi connectivity index (χ0v) is 24.2. The molecule has 2 amide bonds. The van der Waals surface area contributed by atoms with E-state index in [-0.39, 0.29) is 24.3 Å². The predicted molar refractivity (Wildman–Crippen MR) is 162 cm³/mol. The highest BCUT2D eigenvalue weighted by atomic mass is 16.5. The van der Waals surface area contributed by atoms with Crippen LogP contribution in [0.4, 0.5) is 5.69 Å². The van der Waals surface area contributed by atoms with E-state index in [1.165, 1.54) is 24.3 Å². The highest BCUT2D eigenvalue weighted by molar-refractivity contribution is 5.96. The first-order valence-corrected chi connectivity index (χ1v) is 14.0. The minimum atomic E-state index is -1.04. The van der Waals surface area contributed by atoms with Gasteiger partial charge in [0.15, 0.2) is 0 Å². The Bertz CT molecular complexity index is 1360. The maximum atomic E-state index is 12.6. The summed E-state index contributed by atoms with van der Waals surface area (Å²) in [6.45, 7) is 3.15. The second-order valence-corrected chi connectivity index (χ2v) is 10.4. The van der Waals surface area contributed by atoms with Gasteiger partial charge in [0.25, 0.3) is 0 Å². The van der Waals surface area contributed by atoms with Crippen LogP contribution in [-0.4, -0.2) is 64.7 Å². The van der Waals surface area contributed by atoms with E-state index in [9.17, 15) is 29.4 Å². The first kappa shape index (κ1) is 32.8. The maximum Gasteiger partial charge on any atom is 0.338 e. The summed E-state index contributed by atoms with van der Waals surface area (Å²) in [5.41, 5.74) is 8.51. The van der Waals surface area contributed by atoms with Gasteiger partial charge in [-0.1, -0.05) is 42.5 Å². The fraction of sp³-hybridized carbons (Fsp3) is 0.312. The third-order valence-corrected chi connectivity index (χ3v) is 6.68. The molecule has 0 fully saturated rings. The number of nitrogens with two attached hydrogens (primary N) is 1. The molecule has 11 heteroatoms. The molecule has 11 nitrogen and oxygen atoms in total. The number of rotatable bonds is 15. The topological polar surface area (TPSA) is 180 Å². The molecule has 43 heavy (non-hydrogen) atoms. The van der Waals surface area contributed by atoms with Crippen LogP contribution in [0.25, 0.3) is 0 Å². The Morgan fingerprint density at radius 1 is 0.860 bits per heavy atom. The third-order valence-electron chi connectivity index (χ3n) is 6.68. The first-order chi connectivity index (χ1) is 20.5. The van der Waals surface area contributed by atoms with Gasteiger partial charge in [0.1, 0.15) is 18.4 Å². The second-order valence-electron chi connectivity index (χ2n) is 10.4. The Hall–Kier alpha value is -4.74. The van der Waals surface area contributed by atoms with Gasteiger partial charge in [-0.3, -0.25) is 19.7 Å². The van der Waals surface area contributed by atoms with E-state index in [0.29, 0.717) is 18.5 Å². The SMILES string of the molecule is C[C@H](N[C@H](CCc1ccccc1)C(=O)O)C(=O)N[C@@H](C)COC(=O)c1ccc(NC(=O)[C@@H](N)Cc2ccc(O)cc2)cc1. The van der Waals surface area contributed by atoms with E-state index in [4.69, 9.17) is 10.5 Å². The van der Waals surface area contributed by atoms with E-state index in [1.54, 1.807) is 38.1 Å². The Morgan fingerprint density at radius 3 is 2.14 bits per heavy atom. The van der Waals surface area contributed by atoms with Crippen molar-refractivity contribution in [1.82, 2.24) is 10.6 Å². The number of phenolic OH excluding ortho intramolecular Hbond substituents is 1. The molecule has 0 saturated carbocycles. The maximum absolute atomic E-state index is 12.6. The van der Waals surface area contributed by atoms with Gasteiger partial charge < -0.3 is 31.3 Å². The molecule has 3 aromatic rings. The minimum Gasteiger partial charge on any atom is -0.508 e. The first-order valence-electron chi connectivity index (χ1n) is 14.0. The lowest BCUT2D eigenvalue weighted by molar-refractivity contribution is -0.140. The molecule has 0 aliphatic carbocycles. The number of phenols is 1. The quantitative estimate of drug-likeness (QED) is 0.145. The lowest BCUT2D eigenvalue weighted by Crippen LogP contribution is -2.51. The normalized spacial score (nSPS) is 13.7. The van der Waals surface area contributed by atoms with Gasteiger partial charge in [0.2, 0.25) is 11.8 Å². The van der Waals surface area contributed by atoms with Crippen molar-refractivity contribution in [2.45, 2.75) is 57.3 Å². The zero-order chi connectivity index (χ0) is 31.4. The smallest absolute Gasteiger partial charge is 0.338 e. The van der Waals surface area contributed by atoms with Gasteiger partial charge in [-0.05, 0) is 80.6 Å². The molecule has 7 N–H and O–H groups in total. The molecule has 4 atom stereocenters. The van der Waals surface area contributed by atoms with E-state index in [2.05, 4.69) is 16.0 Å². The number of aliphatic carboxylic acids is 1. The summed E-state index contributed by atoms with van der Waals surface area (Å²) in [7, 11) is 0. The Kier molecular flexibility index (Phi) is 12.2. The van der Waals surface area contributed by atoms with Crippen LogP contribution in [0.5, 0.6) is 5.75 Å². The number of carbonyl (C=O) groups excluding carboxylic acids is 3. The number of hydrogen-bond donors (Lipinski definition) is 6. The molecular weight excluding hydrogens is 552 g/mol. The molecule has 0 aromatic heterocycles. The number of aromatic hydroxyl groups is 1. The number of amides is 2. The number of nitrogens with one attached hydrogen (secondary N) is 3. The van der Waals surface area contributed by atoms with Crippen LogP contribution in [-0.2, 0) is 32.0 Å². The van der Waals surface area contributed by atoms with Gasteiger partial charge in [-0.25, -0.2) is 4.79 Å². The highest BCUT2D eigenvalue weighted by Gasteiger charge is 2.24. The van der Waals surface area contributed by atoms with Crippen molar-refractivity contribution >= 4 is 29.4 Å². The van der Waals surface area contributed by atoms with Gasteiger partial charge in [-0.2, -0.15) is 0 Å². The summed E-state index contributed by atoms with van der Waals surface area (Å²) < 4.78 is 5.32. The lowest BCUT2D eigenvalue weighted by atomic mass is 10.0. The number of hydrogen-bond acceptors (Lipinski definition) is 8. The number of anilines is 1. The fourth-order valence-electron chi connectivity index (χ4n) is 4.21. The highest BCUT2D eigenvalue weighted by Crippen LogP contribution is 2.14. The monoisotopic (exact) mass is 590 g/mol. The van der Waals surface area contributed by atoms with Crippen LogP contribution < -0.4 is 21.7 Å². The largest absolute Gasteiger partial charge is 0.508 e. The van der Waals surface area contributed by atoms with Crippen molar-refractivity contribution in [3.8, 4) is 5.75 Å². The van der Waals surface area contributed by atoms with Crippen LogP contribution in [0.1, 0.15) is 41.8 Å². The van der Waals surface area contributed by atoms with Crippen molar-refractivity contribution < 1.29 is 34.1 Å². The summed E-state index contributed by atoms with van der Waals surface area (Å²) in [5.74, 6) is -2.34. The van der Waals surface area contributed by atoms with E-state index >= 15 is 0 Å². The number of carboxylic acid groups (broad SMARTS) is 1. The molecule has 3 rings (SSSR count). The summed E-state index contributed by atoms with van der Waals surface area (Å²) in [5, 5.41) is 27.2. The van der Waals surface area contributed by atoms with Gasteiger partial charge in [0, 0.05) is 5.69 Å². The number of aryl methyl sites for hydroxylation is 1. The molecule has 228 valence electrons. The fourth-order valence-corrected chi connectivity index (χ4v) is 4.21. The standard InChI is InChI=1S/C32H38N4O7/c1-20(34-29(38)21(2)35-28(31(40)41)17-10-22-6-4-3-5-7-22)19-43-32(42)24-11-13-25(14-12-24)36-30(39)27(33)18-23-8-15-26(37)16-9-23/h3-9,11-16,20-21,27-28,35,37H,10,17-19,33H2,1-2H3,(H,34,38)(H,36,39)(H,40,41)/t20-,21-,27-,28+/m0/s1. The number of ether oxygens (including phenoxy) is 1. The number of carbonyl (C=O) groups is 4. The van der Waals surface area contributed by atoms with Crippen molar-refractivity contribution in [3.63, 3.8) is 0 Å². The van der Waals surface area contributed by atoms with Crippen LogP contribution in [0, 0.1) is 0 Å². The molecule has 0 aliphatic heterocycles. The van der Waals surface area contributed by atoms with E-state index in [1.807, 2.05) is 30.3 Å². The third kappa shape index (κ3) is 10.9. The lowest BCUT2D eigenvalue weighted by Gasteiger charge is -2.22. The van der Waals surface area contributed by atoms with Crippen molar-refractivity contribution in [2.24, 2.45) is 5.73 Å². The minimum absolute atomic E-state index is 0.0989. The summed E-state index contributed by atoms with van der Waals surface area (Å²) >= 11 is 0. The molecule has 0 saturated heterocycles. The molecule has 0 spiro atoms. The Morgan fingerprint density at radius 2 is 1.51 bits per heavy atom. The molecule has 0 unspecified atom stereocenters. The molecular formula is C32H38N4O7. The Labute approximate surface area is 250 Å². The predicted octanol–water partition coefficient (Wildman–Crippen LogP) is 2.63.